The van der Waals surface area contributed by atoms with Crippen molar-refractivity contribution in [3.05, 3.63) is 69.6 Å². The summed E-state index contributed by atoms with van der Waals surface area (Å²) in [5.41, 5.74) is 1.52. The fraction of sp³-hybridized carbons (Fsp3) is 0.136. The van der Waals surface area contributed by atoms with Crippen LogP contribution < -0.4 is 14.8 Å². The molecular weight excluding hydrogens is 440 g/mol. The second-order valence-corrected chi connectivity index (χ2v) is 8.06. The molecular formula is C22H17ClN2O5S. The van der Waals surface area contributed by atoms with Gasteiger partial charge in [-0.2, -0.15) is 0 Å². The van der Waals surface area contributed by atoms with Crippen molar-refractivity contribution in [2.75, 3.05) is 19.9 Å². The molecule has 0 spiro atoms. The van der Waals surface area contributed by atoms with Crippen molar-refractivity contribution in [1.82, 2.24) is 10.2 Å². The number of carbonyl (C=O) groups excluding carboxylic acids is 3. The molecule has 0 bridgehead atoms. The quantitative estimate of drug-likeness (QED) is 0.663. The summed E-state index contributed by atoms with van der Waals surface area (Å²) in [6, 6.07) is 12.4. The van der Waals surface area contributed by atoms with Gasteiger partial charge in [0.05, 0.1) is 4.91 Å². The number of ether oxygens (including phenoxy) is 2. The molecule has 0 unspecified atom stereocenters. The number of halogens is 1. The second kappa shape index (κ2) is 9.28. The zero-order chi connectivity index (χ0) is 21.8. The number of carbonyl (C=O) groups is 3. The summed E-state index contributed by atoms with van der Waals surface area (Å²) in [7, 11) is 0. The molecule has 2 aliphatic rings. The van der Waals surface area contributed by atoms with E-state index in [0.717, 1.165) is 27.8 Å². The van der Waals surface area contributed by atoms with Crippen molar-refractivity contribution < 1.29 is 23.9 Å². The van der Waals surface area contributed by atoms with E-state index in [2.05, 4.69) is 5.32 Å². The Labute approximate surface area is 187 Å². The van der Waals surface area contributed by atoms with Crippen molar-refractivity contribution in [2.45, 2.75) is 0 Å². The maximum Gasteiger partial charge on any atom is 0.293 e. The van der Waals surface area contributed by atoms with Gasteiger partial charge in [0, 0.05) is 24.2 Å². The van der Waals surface area contributed by atoms with Gasteiger partial charge in [-0.05, 0) is 59.3 Å². The number of amides is 3. The van der Waals surface area contributed by atoms with Gasteiger partial charge in [0.15, 0.2) is 11.5 Å². The molecule has 0 saturated carbocycles. The molecule has 31 heavy (non-hydrogen) atoms. The van der Waals surface area contributed by atoms with Crippen molar-refractivity contribution in [3.63, 3.8) is 0 Å². The summed E-state index contributed by atoms with van der Waals surface area (Å²) in [6.07, 6.45) is 4.65. The summed E-state index contributed by atoms with van der Waals surface area (Å²) in [6.45, 7) is 0.392. The number of benzene rings is 2. The van der Waals surface area contributed by atoms with Crippen LogP contribution in [0.15, 0.2) is 53.4 Å². The Balaban J connectivity index is 1.31. The molecule has 1 fully saturated rings. The van der Waals surface area contributed by atoms with E-state index in [9.17, 15) is 14.4 Å². The first kappa shape index (κ1) is 21.0. The van der Waals surface area contributed by atoms with Crippen molar-refractivity contribution in [2.24, 2.45) is 0 Å². The number of thioether (sulfide) groups is 1. The maximum atomic E-state index is 12.6. The molecule has 158 valence electrons. The van der Waals surface area contributed by atoms with E-state index in [1.807, 2.05) is 6.07 Å². The Morgan fingerprint density at radius 1 is 1.13 bits per heavy atom. The fourth-order valence-corrected chi connectivity index (χ4v) is 4.04. The Morgan fingerprint density at radius 2 is 1.97 bits per heavy atom. The number of nitrogens with one attached hydrogen (secondary N) is 1. The minimum atomic E-state index is -0.392. The molecule has 9 heteroatoms. The van der Waals surface area contributed by atoms with Gasteiger partial charge in [-0.3, -0.25) is 19.3 Å². The monoisotopic (exact) mass is 456 g/mol. The fourth-order valence-electron chi connectivity index (χ4n) is 2.98. The first-order valence-corrected chi connectivity index (χ1v) is 10.6. The second-order valence-electron chi connectivity index (χ2n) is 6.63. The van der Waals surface area contributed by atoms with Gasteiger partial charge in [0.1, 0.15) is 0 Å². The number of nitrogens with zero attached hydrogens (tertiary/aromatic N) is 1. The van der Waals surface area contributed by atoms with Gasteiger partial charge in [0.25, 0.3) is 11.1 Å². The Bertz CT molecular complexity index is 1110. The third-order valence-corrected chi connectivity index (χ3v) is 5.62. The molecule has 1 saturated heterocycles. The smallest absolute Gasteiger partial charge is 0.293 e. The molecule has 7 nitrogen and oxygen atoms in total. The minimum Gasteiger partial charge on any atom is -0.454 e. The van der Waals surface area contributed by atoms with Crippen molar-refractivity contribution in [1.29, 1.82) is 0 Å². The molecule has 0 atom stereocenters. The Kier molecular flexibility index (Phi) is 6.29. The van der Waals surface area contributed by atoms with E-state index in [4.69, 9.17) is 21.1 Å². The van der Waals surface area contributed by atoms with Crippen LogP contribution in [0.3, 0.4) is 0 Å². The summed E-state index contributed by atoms with van der Waals surface area (Å²) >= 11 is 6.77. The van der Waals surface area contributed by atoms with Crippen LogP contribution >= 0.6 is 23.4 Å². The van der Waals surface area contributed by atoms with Crippen LogP contribution in [0.2, 0.25) is 5.02 Å². The van der Waals surface area contributed by atoms with Gasteiger partial charge >= 0.3 is 0 Å². The zero-order valence-electron chi connectivity index (χ0n) is 16.2. The molecule has 2 heterocycles. The molecule has 0 aliphatic carbocycles. The van der Waals surface area contributed by atoms with E-state index in [1.165, 1.54) is 6.08 Å². The lowest BCUT2D eigenvalue weighted by Crippen LogP contribution is -2.36. The van der Waals surface area contributed by atoms with Crippen molar-refractivity contribution in [3.8, 4) is 11.5 Å². The predicted molar refractivity (Wildman–Crippen MR) is 119 cm³/mol. The SMILES string of the molecule is O=C(/C=C/c1cccc(Cl)c1)NCCN1C(=O)S/C(=C\c2ccc3c(c2)OCO3)C1=O. The topological polar surface area (TPSA) is 84.9 Å². The lowest BCUT2D eigenvalue weighted by molar-refractivity contribution is -0.123. The molecule has 1 N–H and O–H groups in total. The van der Waals surface area contributed by atoms with Crippen LogP contribution in [0.1, 0.15) is 11.1 Å². The van der Waals surface area contributed by atoms with Crippen LogP contribution in [0.4, 0.5) is 4.79 Å². The van der Waals surface area contributed by atoms with Gasteiger partial charge in [-0.25, -0.2) is 0 Å². The molecule has 4 rings (SSSR count). The first-order chi connectivity index (χ1) is 15.0. The average molecular weight is 457 g/mol. The van der Waals surface area contributed by atoms with Gasteiger partial charge < -0.3 is 14.8 Å². The molecule has 0 radical (unpaired) electrons. The normalized spacial score (nSPS) is 16.5. The van der Waals surface area contributed by atoms with Crippen LogP contribution in [-0.2, 0) is 9.59 Å². The number of hydrogen-bond acceptors (Lipinski definition) is 6. The first-order valence-electron chi connectivity index (χ1n) is 9.36. The van der Waals surface area contributed by atoms with E-state index in [-0.39, 0.29) is 31.0 Å². The van der Waals surface area contributed by atoms with Crippen LogP contribution in [0.5, 0.6) is 11.5 Å². The Hall–Kier alpha value is -3.23. The average Bonchev–Trinajstić information content (AvgIpc) is 3.31. The highest BCUT2D eigenvalue weighted by molar-refractivity contribution is 8.18. The highest BCUT2D eigenvalue weighted by Crippen LogP contribution is 2.36. The van der Waals surface area contributed by atoms with E-state index >= 15 is 0 Å². The minimum absolute atomic E-state index is 0.0832. The molecule has 2 aliphatic heterocycles. The maximum absolute atomic E-state index is 12.6. The largest absolute Gasteiger partial charge is 0.454 e. The zero-order valence-corrected chi connectivity index (χ0v) is 17.7. The number of hydrogen-bond donors (Lipinski definition) is 1. The van der Waals surface area contributed by atoms with Gasteiger partial charge in [-0.15, -0.1) is 0 Å². The van der Waals surface area contributed by atoms with E-state index < -0.39 is 5.91 Å². The summed E-state index contributed by atoms with van der Waals surface area (Å²) in [5, 5.41) is 2.87. The number of rotatable bonds is 6. The number of fused-ring (bicyclic) bond motifs is 1. The standard InChI is InChI=1S/C22H17ClN2O5S/c23-16-3-1-2-14(10-16)5-7-20(26)24-8-9-25-21(27)19(31-22(25)28)12-15-4-6-17-18(11-15)30-13-29-17/h1-7,10-12H,8-9,13H2,(H,24,26)/b7-5+,19-12-. The van der Waals surface area contributed by atoms with E-state index in [1.54, 1.807) is 48.6 Å². The lowest BCUT2D eigenvalue weighted by Gasteiger charge is -2.12. The highest BCUT2D eigenvalue weighted by atomic mass is 35.5. The van der Waals surface area contributed by atoms with Crippen molar-refractivity contribution >= 4 is 52.6 Å². The van der Waals surface area contributed by atoms with E-state index in [0.29, 0.717) is 21.4 Å². The summed E-state index contributed by atoms with van der Waals surface area (Å²) in [5.74, 6) is 0.520. The third kappa shape index (κ3) is 5.10. The summed E-state index contributed by atoms with van der Waals surface area (Å²) in [4.78, 5) is 38.2. The predicted octanol–water partition coefficient (Wildman–Crippen LogP) is 3.93. The number of imide groups is 1. The van der Waals surface area contributed by atoms with Gasteiger partial charge in [-0.1, -0.05) is 29.8 Å². The highest BCUT2D eigenvalue weighted by Gasteiger charge is 2.34. The lowest BCUT2D eigenvalue weighted by atomic mass is 10.2. The Morgan fingerprint density at radius 3 is 2.81 bits per heavy atom. The van der Waals surface area contributed by atoms with Crippen LogP contribution in [0.25, 0.3) is 12.2 Å². The summed E-state index contributed by atoms with van der Waals surface area (Å²) < 4.78 is 10.6. The molecule has 0 aromatic heterocycles. The molecule has 2 aromatic rings. The van der Waals surface area contributed by atoms with Crippen LogP contribution in [0, 0.1) is 0 Å². The molecule has 3 amide bonds. The van der Waals surface area contributed by atoms with Crippen LogP contribution in [-0.4, -0.2) is 41.8 Å². The van der Waals surface area contributed by atoms with Gasteiger partial charge in [0.2, 0.25) is 12.7 Å². The third-order valence-electron chi connectivity index (χ3n) is 4.48. The molecule has 2 aromatic carbocycles.